The fourth-order valence-electron chi connectivity index (χ4n) is 4.80. The van der Waals surface area contributed by atoms with E-state index in [9.17, 15) is 4.79 Å². The van der Waals surface area contributed by atoms with Gasteiger partial charge in [0.05, 0.1) is 17.5 Å². The molecule has 0 bridgehead atoms. The smallest absolute Gasteiger partial charge is 0.227 e. The van der Waals surface area contributed by atoms with Gasteiger partial charge in [0.2, 0.25) is 11.9 Å². The van der Waals surface area contributed by atoms with E-state index in [-0.39, 0.29) is 17.9 Å². The molecule has 0 saturated heterocycles. The van der Waals surface area contributed by atoms with Crippen molar-refractivity contribution in [2.24, 2.45) is 5.92 Å². The second kappa shape index (κ2) is 10.9. The fraction of sp³-hybridized carbons (Fsp3) is 0.370. The molecular formula is C27H34N8O. The zero-order chi connectivity index (χ0) is 24.9. The van der Waals surface area contributed by atoms with Gasteiger partial charge in [0, 0.05) is 26.2 Å². The van der Waals surface area contributed by atoms with E-state index in [2.05, 4.69) is 57.5 Å². The molecule has 0 radical (unpaired) electrons. The fourth-order valence-corrected chi connectivity index (χ4v) is 4.80. The van der Waals surface area contributed by atoms with Gasteiger partial charge < -0.3 is 25.9 Å². The standard InChI is InChI=1S/C27H34N8O/c1-34(2)15-9-14-28-27-30-24-22-23(32-33-24)21(26(36)29-16-19-10-5-3-6-11-19)18-35(25(22)31-27)17-20-12-7-4-8-13-20/h3-8,10-13,21,23,32H,9,14-18H2,1-2H3,(H,29,36)(H2,28,30,31,33). The third-order valence-electron chi connectivity index (χ3n) is 6.63. The van der Waals surface area contributed by atoms with Crippen LogP contribution < -0.4 is 26.4 Å². The maximum absolute atomic E-state index is 13.4. The Balaban J connectivity index is 1.39. The summed E-state index contributed by atoms with van der Waals surface area (Å²) in [6.45, 7) is 3.50. The maximum atomic E-state index is 13.4. The normalized spacial score (nSPS) is 18.0. The Labute approximate surface area is 212 Å². The molecule has 9 nitrogen and oxygen atoms in total. The van der Waals surface area contributed by atoms with Gasteiger partial charge in [-0.25, -0.2) is 5.43 Å². The van der Waals surface area contributed by atoms with Crippen LogP contribution in [0.4, 0.5) is 17.6 Å². The predicted molar refractivity (Wildman–Crippen MR) is 142 cm³/mol. The number of aromatic nitrogens is 2. The van der Waals surface area contributed by atoms with Crippen LogP contribution in [0.2, 0.25) is 0 Å². The Hall–Kier alpha value is -3.69. The lowest BCUT2D eigenvalue weighted by Crippen LogP contribution is -2.48. The van der Waals surface area contributed by atoms with Crippen LogP contribution in [0.15, 0.2) is 60.7 Å². The second-order valence-corrected chi connectivity index (χ2v) is 9.64. The summed E-state index contributed by atoms with van der Waals surface area (Å²) in [5, 5.41) is 6.51. The van der Waals surface area contributed by atoms with Crippen molar-refractivity contribution in [2.75, 3.05) is 49.4 Å². The van der Waals surface area contributed by atoms with Crippen molar-refractivity contribution in [2.45, 2.75) is 25.6 Å². The summed E-state index contributed by atoms with van der Waals surface area (Å²) < 4.78 is 0. The van der Waals surface area contributed by atoms with Crippen LogP contribution in [0.25, 0.3) is 0 Å². The number of carbonyl (C=O) groups excluding carboxylic acids is 1. The molecule has 3 heterocycles. The topological polar surface area (TPSA) is 97.5 Å². The molecule has 4 N–H and O–H groups in total. The molecule has 1 aromatic heterocycles. The van der Waals surface area contributed by atoms with Gasteiger partial charge in [-0.15, -0.1) is 0 Å². The van der Waals surface area contributed by atoms with Crippen LogP contribution >= 0.6 is 0 Å². The van der Waals surface area contributed by atoms with Crippen molar-refractivity contribution in [1.82, 2.24) is 25.6 Å². The molecule has 1 amide bonds. The number of anilines is 3. The molecule has 2 aliphatic heterocycles. The lowest BCUT2D eigenvalue weighted by atomic mass is 9.89. The van der Waals surface area contributed by atoms with Gasteiger partial charge in [-0.1, -0.05) is 60.7 Å². The van der Waals surface area contributed by atoms with Crippen LogP contribution in [0.5, 0.6) is 0 Å². The van der Waals surface area contributed by atoms with E-state index < -0.39 is 0 Å². The van der Waals surface area contributed by atoms with Crippen LogP contribution in [0.3, 0.4) is 0 Å². The van der Waals surface area contributed by atoms with Crippen molar-refractivity contribution < 1.29 is 4.79 Å². The number of nitrogens with zero attached hydrogens (tertiary/aromatic N) is 4. The van der Waals surface area contributed by atoms with Crippen molar-refractivity contribution in [3.63, 3.8) is 0 Å². The molecule has 5 rings (SSSR count). The summed E-state index contributed by atoms with van der Waals surface area (Å²) >= 11 is 0. The number of nitrogens with one attached hydrogen (secondary N) is 4. The Bertz CT molecular complexity index is 1170. The molecule has 2 aromatic carbocycles. The van der Waals surface area contributed by atoms with E-state index in [0.717, 1.165) is 42.3 Å². The number of rotatable bonds is 10. The van der Waals surface area contributed by atoms with E-state index in [1.54, 1.807) is 0 Å². The van der Waals surface area contributed by atoms with Gasteiger partial charge in [-0.3, -0.25) is 4.79 Å². The van der Waals surface area contributed by atoms with E-state index in [0.29, 0.717) is 25.6 Å². The Morgan fingerprint density at radius 3 is 2.50 bits per heavy atom. The third kappa shape index (κ3) is 5.42. The lowest BCUT2D eigenvalue weighted by Gasteiger charge is -2.37. The zero-order valence-electron chi connectivity index (χ0n) is 20.9. The molecule has 0 fully saturated rings. The lowest BCUT2D eigenvalue weighted by molar-refractivity contribution is -0.125. The first-order valence-corrected chi connectivity index (χ1v) is 12.5. The first-order chi connectivity index (χ1) is 17.6. The van der Waals surface area contributed by atoms with Crippen LogP contribution in [-0.4, -0.2) is 54.5 Å². The molecule has 2 unspecified atom stereocenters. The van der Waals surface area contributed by atoms with E-state index in [1.807, 2.05) is 48.5 Å². The highest BCUT2D eigenvalue weighted by Gasteiger charge is 2.44. The highest BCUT2D eigenvalue weighted by atomic mass is 16.2. The minimum atomic E-state index is -0.291. The predicted octanol–water partition coefficient (Wildman–Crippen LogP) is 2.76. The number of amides is 1. The van der Waals surface area contributed by atoms with Crippen LogP contribution in [0.1, 0.15) is 29.2 Å². The summed E-state index contributed by atoms with van der Waals surface area (Å²) in [6, 6.07) is 20.1. The van der Waals surface area contributed by atoms with E-state index >= 15 is 0 Å². The van der Waals surface area contributed by atoms with Gasteiger partial charge in [0.25, 0.3) is 0 Å². The minimum Gasteiger partial charge on any atom is -0.354 e. The van der Waals surface area contributed by atoms with E-state index in [1.165, 1.54) is 5.56 Å². The number of hydrogen-bond donors (Lipinski definition) is 4. The molecule has 0 aliphatic carbocycles. The summed E-state index contributed by atoms with van der Waals surface area (Å²) in [4.78, 5) is 27.4. The average Bonchev–Trinajstić information content (AvgIpc) is 3.32. The number of benzene rings is 2. The van der Waals surface area contributed by atoms with Crippen molar-refractivity contribution in [1.29, 1.82) is 0 Å². The molecular weight excluding hydrogens is 452 g/mol. The van der Waals surface area contributed by atoms with Crippen LogP contribution in [0, 0.1) is 5.92 Å². The summed E-state index contributed by atoms with van der Waals surface area (Å²) in [5.74, 6) is 1.93. The molecule has 0 spiro atoms. The SMILES string of the molecule is CN(C)CCCNc1nc2c3c(n1)N(Cc1ccccc1)CC(C(=O)NCc1ccccc1)C3NN2. The highest BCUT2D eigenvalue weighted by molar-refractivity contribution is 5.83. The molecule has 2 atom stereocenters. The number of hydrogen-bond acceptors (Lipinski definition) is 8. The largest absolute Gasteiger partial charge is 0.354 e. The Kier molecular flexibility index (Phi) is 7.29. The van der Waals surface area contributed by atoms with Gasteiger partial charge in [0.1, 0.15) is 5.82 Å². The molecule has 3 aromatic rings. The Morgan fingerprint density at radius 1 is 1.06 bits per heavy atom. The molecule has 188 valence electrons. The third-order valence-corrected chi connectivity index (χ3v) is 6.63. The quantitative estimate of drug-likeness (QED) is 0.325. The molecule has 0 saturated carbocycles. The summed E-state index contributed by atoms with van der Waals surface area (Å²) in [5.41, 5.74) is 9.74. The summed E-state index contributed by atoms with van der Waals surface area (Å²) in [6.07, 6.45) is 0.995. The highest BCUT2D eigenvalue weighted by Crippen LogP contribution is 2.43. The zero-order valence-corrected chi connectivity index (χ0v) is 20.9. The number of hydrazine groups is 1. The van der Waals surface area contributed by atoms with Crippen molar-refractivity contribution >= 4 is 23.5 Å². The molecule has 2 aliphatic rings. The first kappa shape index (κ1) is 24.0. The maximum Gasteiger partial charge on any atom is 0.227 e. The summed E-state index contributed by atoms with van der Waals surface area (Å²) in [7, 11) is 4.14. The molecule has 9 heteroatoms. The second-order valence-electron chi connectivity index (χ2n) is 9.64. The monoisotopic (exact) mass is 486 g/mol. The van der Waals surface area contributed by atoms with Gasteiger partial charge in [0.15, 0.2) is 5.82 Å². The number of carbonyl (C=O) groups is 1. The van der Waals surface area contributed by atoms with E-state index in [4.69, 9.17) is 9.97 Å². The van der Waals surface area contributed by atoms with Gasteiger partial charge in [-0.05, 0) is 38.2 Å². The van der Waals surface area contributed by atoms with Crippen LogP contribution in [-0.2, 0) is 17.9 Å². The molecule has 36 heavy (non-hydrogen) atoms. The average molecular weight is 487 g/mol. The first-order valence-electron chi connectivity index (χ1n) is 12.5. The van der Waals surface area contributed by atoms with Crippen molar-refractivity contribution in [3.8, 4) is 0 Å². The van der Waals surface area contributed by atoms with Gasteiger partial charge in [-0.2, -0.15) is 9.97 Å². The van der Waals surface area contributed by atoms with Crippen molar-refractivity contribution in [3.05, 3.63) is 77.4 Å². The Morgan fingerprint density at radius 2 is 1.78 bits per heavy atom. The van der Waals surface area contributed by atoms with Gasteiger partial charge >= 0.3 is 0 Å². The minimum absolute atomic E-state index is 0.0144.